The SMILES string of the molecule is O=C(O)CC=CCC1CCCCC1. The second kappa shape index (κ2) is 5.79. The molecule has 0 atom stereocenters. The van der Waals surface area contributed by atoms with Crippen LogP contribution in [-0.4, -0.2) is 11.1 Å². The van der Waals surface area contributed by atoms with E-state index in [1.807, 2.05) is 6.08 Å². The summed E-state index contributed by atoms with van der Waals surface area (Å²) in [5.74, 6) is 0.0821. The predicted octanol–water partition coefficient (Wildman–Crippen LogP) is 2.99. The van der Waals surface area contributed by atoms with E-state index in [9.17, 15) is 4.79 Å². The van der Waals surface area contributed by atoms with Crippen molar-refractivity contribution in [2.45, 2.75) is 44.9 Å². The maximum atomic E-state index is 10.2. The van der Waals surface area contributed by atoms with Gasteiger partial charge < -0.3 is 5.11 Å². The number of rotatable bonds is 4. The summed E-state index contributed by atoms with van der Waals surface area (Å²) in [6.07, 6.45) is 11.8. The Labute approximate surface area is 79.6 Å². The zero-order chi connectivity index (χ0) is 9.52. The molecule has 2 heteroatoms. The van der Waals surface area contributed by atoms with E-state index in [0.717, 1.165) is 12.3 Å². The fourth-order valence-electron chi connectivity index (χ4n) is 1.90. The van der Waals surface area contributed by atoms with Crippen molar-refractivity contribution in [2.24, 2.45) is 5.92 Å². The Balaban J connectivity index is 2.09. The van der Waals surface area contributed by atoms with Crippen LogP contribution in [0.5, 0.6) is 0 Å². The zero-order valence-electron chi connectivity index (χ0n) is 8.04. The third-order valence-corrected chi connectivity index (χ3v) is 2.65. The monoisotopic (exact) mass is 182 g/mol. The number of carboxylic acid groups (broad SMARTS) is 1. The molecule has 1 aliphatic carbocycles. The van der Waals surface area contributed by atoms with Crippen LogP contribution in [0, 0.1) is 5.92 Å². The van der Waals surface area contributed by atoms with E-state index < -0.39 is 5.97 Å². The number of carboxylic acids is 1. The summed E-state index contributed by atoms with van der Waals surface area (Å²) in [6.45, 7) is 0. The number of allylic oxidation sites excluding steroid dienone is 1. The smallest absolute Gasteiger partial charge is 0.307 e. The Morgan fingerprint density at radius 1 is 1.23 bits per heavy atom. The fourth-order valence-corrected chi connectivity index (χ4v) is 1.90. The van der Waals surface area contributed by atoms with Crippen LogP contribution in [0.15, 0.2) is 12.2 Å². The lowest BCUT2D eigenvalue weighted by atomic mass is 9.87. The molecule has 1 aliphatic rings. The van der Waals surface area contributed by atoms with Crippen LogP contribution in [0.2, 0.25) is 0 Å². The minimum atomic E-state index is -0.736. The Kier molecular flexibility index (Phi) is 4.58. The highest BCUT2D eigenvalue weighted by molar-refractivity contribution is 5.68. The largest absolute Gasteiger partial charge is 0.481 e. The molecule has 0 spiro atoms. The molecule has 74 valence electrons. The molecule has 1 fully saturated rings. The van der Waals surface area contributed by atoms with Gasteiger partial charge in [-0.25, -0.2) is 0 Å². The van der Waals surface area contributed by atoms with E-state index in [0.29, 0.717) is 0 Å². The van der Waals surface area contributed by atoms with Crippen molar-refractivity contribution in [1.82, 2.24) is 0 Å². The highest BCUT2D eigenvalue weighted by atomic mass is 16.4. The van der Waals surface area contributed by atoms with Crippen LogP contribution >= 0.6 is 0 Å². The summed E-state index contributed by atoms with van der Waals surface area (Å²) in [5.41, 5.74) is 0. The minimum absolute atomic E-state index is 0.173. The van der Waals surface area contributed by atoms with Gasteiger partial charge >= 0.3 is 5.97 Å². The Morgan fingerprint density at radius 2 is 1.92 bits per heavy atom. The lowest BCUT2D eigenvalue weighted by molar-refractivity contribution is -0.136. The van der Waals surface area contributed by atoms with Gasteiger partial charge in [0.2, 0.25) is 0 Å². The quantitative estimate of drug-likeness (QED) is 0.678. The first kappa shape index (κ1) is 10.3. The molecule has 1 rings (SSSR count). The van der Waals surface area contributed by atoms with Crippen LogP contribution in [0.25, 0.3) is 0 Å². The summed E-state index contributed by atoms with van der Waals surface area (Å²) in [6, 6.07) is 0. The van der Waals surface area contributed by atoms with Crippen molar-refractivity contribution in [2.75, 3.05) is 0 Å². The topological polar surface area (TPSA) is 37.3 Å². The molecule has 0 amide bonds. The highest BCUT2D eigenvalue weighted by Crippen LogP contribution is 2.26. The lowest BCUT2D eigenvalue weighted by Crippen LogP contribution is -2.04. The summed E-state index contributed by atoms with van der Waals surface area (Å²) in [5, 5.41) is 8.40. The number of hydrogen-bond donors (Lipinski definition) is 1. The Hall–Kier alpha value is -0.790. The van der Waals surface area contributed by atoms with Crippen LogP contribution in [-0.2, 0) is 4.79 Å². The van der Waals surface area contributed by atoms with Gasteiger partial charge in [-0.1, -0.05) is 44.3 Å². The van der Waals surface area contributed by atoms with Crippen LogP contribution < -0.4 is 0 Å². The van der Waals surface area contributed by atoms with Gasteiger partial charge in [-0.15, -0.1) is 0 Å². The predicted molar refractivity (Wildman–Crippen MR) is 52.6 cm³/mol. The maximum absolute atomic E-state index is 10.2. The summed E-state index contributed by atoms with van der Waals surface area (Å²) in [4.78, 5) is 10.2. The first-order chi connectivity index (χ1) is 6.29. The molecule has 1 N–H and O–H groups in total. The number of hydrogen-bond acceptors (Lipinski definition) is 1. The summed E-state index contributed by atoms with van der Waals surface area (Å²) < 4.78 is 0. The van der Waals surface area contributed by atoms with Crippen LogP contribution in [0.3, 0.4) is 0 Å². The number of carbonyl (C=O) groups is 1. The van der Waals surface area contributed by atoms with Crippen molar-refractivity contribution in [3.05, 3.63) is 12.2 Å². The highest BCUT2D eigenvalue weighted by Gasteiger charge is 2.10. The van der Waals surface area contributed by atoms with Crippen molar-refractivity contribution < 1.29 is 9.90 Å². The van der Waals surface area contributed by atoms with Crippen LogP contribution in [0.1, 0.15) is 44.9 Å². The van der Waals surface area contributed by atoms with Gasteiger partial charge in [-0.2, -0.15) is 0 Å². The van der Waals surface area contributed by atoms with E-state index in [1.165, 1.54) is 32.1 Å². The van der Waals surface area contributed by atoms with Gasteiger partial charge in [0.05, 0.1) is 6.42 Å². The third-order valence-electron chi connectivity index (χ3n) is 2.65. The van der Waals surface area contributed by atoms with Gasteiger partial charge in [0, 0.05) is 0 Å². The Morgan fingerprint density at radius 3 is 2.54 bits per heavy atom. The average molecular weight is 182 g/mol. The molecule has 2 nitrogen and oxygen atoms in total. The molecule has 0 aromatic rings. The molecule has 0 aliphatic heterocycles. The van der Waals surface area contributed by atoms with Crippen LogP contribution in [0.4, 0.5) is 0 Å². The lowest BCUT2D eigenvalue weighted by Gasteiger charge is -2.19. The van der Waals surface area contributed by atoms with E-state index in [-0.39, 0.29) is 6.42 Å². The van der Waals surface area contributed by atoms with Crippen molar-refractivity contribution >= 4 is 5.97 Å². The van der Waals surface area contributed by atoms with E-state index in [4.69, 9.17) is 5.11 Å². The molecule has 0 saturated heterocycles. The van der Waals surface area contributed by atoms with Crippen molar-refractivity contribution in [3.8, 4) is 0 Å². The van der Waals surface area contributed by atoms with Gasteiger partial charge in [0.25, 0.3) is 0 Å². The molecular formula is C11H18O2. The molecule has 0 unspecified atom stereocenters. The van der Waals surface area contributed by atoms with E-state index >= 15 is 0 Å². The first-order valence-corrected chi connectivity index (χ1v) is 5.16. The molecule has 0 aromatic carbocycles. The van der Waals surface area contributed by atoms with Crippen molar-refractivity contribution in [3.63, 3.8) is 0 Å². The number of aliphatic carboxylic acids is 1. The van der Waals surface area contributed by atoms with Crippen molar-refractivity contribution in [1.29, 1.82) is 0 Å². The van der Waals surface area contributed by atoms with Gasteiger partial charge in [0.1, 0.15) is 0 Å². The fraction of sp³-hybridized carbons (Fsp3) is 0.727. The van der Waals surface area contributed by atoms with Gasteiger partial charge in [-0.3, -0.25) is 4.79 Å². The molecule has 0 aromatic heterocycles. The molecule has 0 bridgehead atoms. The van der Waals surface area contributed by atoms with E-state index in [1.54, 1.807) is 6.08 Å². The second-order valence-electron chi connectivity index (χ2n) is 3.81. The zero-order valence-corrected chi connectivity index (χ0v) is 8.04. The Bertz CT molecular complexity index is 179. The minimum Gasteiger partial charge on any atom is -0.481 e. The maximum Gasteiger partial charge on any atom is 0.307 e. The molecular weight excluding hydrogens is 164 g/mol. The standard InChI is InChI=1S/C11H18O2/c12-11(13)9-5-4-8-10-6-2-1-3-7-10/h4-5,10H,1-3,6-9H2,(H,12,13). The molecule has 0 radical (unpaired) electrons. The summed E-state index contributed by atoms with van der Waals surface area (Å²) >= 11 is 0. The summed E-state index contributed by atoms with van der Waals surface area (Å²) in [7, 11) is 0. The average Bonchev–Trinajstić information content (AvgIpc) is 2.14. The molecule has 1 saturated carbocycles. The van der Waals surface area contributed by atoms with Gasteiger partial charge in [0.15, 0.2) is 0 Å². The van der Waals surface area contributed by atoms with Gasteiger partial charge in [-0.05, 0) is 12.3 Å². The second-order valence-corrected chi connectivity index (χ2v) is 3.81. The molecule has 13 heavy (non-hydrogen) atoms. The van der Waals surface area contributed by atoms with E-state index in [2.05, 4.69) is 0 Å². The first-order valence-electron chi connectivity index (χ1n) is 5.16. The third kappa shape index (κ3) is 4.71. The normalized spacial score (nSPS) is 19.4. The molecule has 0 heterocycles.